The lowest BCUT2D eigenvalue weighted by Crippen LogP contribution is -2.13. The van der Waals surface area contributed by atoms with E-state index in [9.17, 15) is 4.79 Å². The maximum atomic E-state index is 11.6. The number of anilines is 1. The van der Waals surface area contributed by atoms with Crippen molar-refractivity contribution in [1.29, 1.82) is 0 Å². The van der Waals surface area contributed by atoms with Crippen molar-refractivity contribution in [2.75, 3.05) is 5.32 Å². The summed E-state index contributed by atoms with van der Waals surface area (Å²) in [4.78, 5) is 19.4. The topological polar surface area (TPSA) is 68.0 Å². The van der Waals surface area contributed by atoms with E-state index < -0.39 is 0 Å². The molecule has 1 amide bonds. The van der Waals surface area contributed by atoms with Crippen molar-refractivity contribution in [3.05, 3.63) is 41.0 Å². The Kier molecular flexibility index (Phi) is 2.77. The molecule has 76 valence electrons. The Hall–Kier alpha value is -1.69. The van der Waals surface area contributed by atoms with Crippen molar-refractivity contribution in [2.24, 2.45) is 0 Å². The molecule has 0 aliphatic rings. The van der Waals surface area contributed by atoms with Crippen molar-refractivity contribution < 1.29 is 9.21 Å². The highest BCUT2D eigenvalue weighted by molar-refractivity contribution is 9.10. The largest absolute Gasteiger partial charge is 0.457 e. The van der Waals surface area contributed by atoms with Gasteiger partial charge in [-0.25, -0.2) is 9.97 Å². The van der Waals surface area contributed by atoms with Crippen LogP contribution in [0.1, 0.15) is 10.4 Å². The number of nitrogens with zero attached hydrogens (tertiary/aromatic N) is 2. The van der Waals surface area contributed by atoms with Crippen LogP contribution in [0.25, 0.3) is 0 Å². The maximum Gasteiger partial charge on any atom is 0.262 e. The van der Waals surface area contributed by atoms with Crippen molar-refractivity contribution >= 4 is 27.8 Å². The van der Waals surface area contributed by atoms with Crippen LogP contribution in [-0.2, 0) is 0 Å². The van der Waals surface area contributed by atoms with E-state index in [0.717, 1.165) is 0 Å². The molecule has 0 radical (unpaired) electrons. The standard InChI is InChI=1S/C9H6BrN3O2/c10-7-6(2-5-15-7)8(14)13-9-11-3-1-4-12-9/h1-5H,(H,11,12,13,14). The van der Waals surface area contributed by atoms with Gasteiger partial charge in [0.15, 0.2) is 4.67 Å². The highest BCUT2D eigenvalue weighted by Gasteiger charge is 2.13. The Bertz CT molecular complexity index is 469. The predicted octanol–water partition coefficient (Wildman–Crippen LogP) is 2.08. The normalized spacial score (nSPS) is 9.93. The van der Waals surface area contributed by atoms with Gasteiger partial charge in [-0.1, -0.05) is 0 Å². The minimum absolute atomic E-state index is 0.260. The number of hydrogen-bond acceptors (Lipinski definition) is 4. The third kappa shape index (κ3) is 2.21. The lowest BCUT2D eigenvalue weighted by atomic mass is 10.3. The quantitative estimate of drug-likeness (QED) is 0.905. The molecule has 2 aromatic rings. The number of carbonyl (C=O) groups is 1. The summed E-state index contributed by atoms with van der Waals surface area (Å²) in [5.74, 6) is -0.0579. The van der Waals surface area contributed by atoms with E-state index in [-0.39, 0.29) is 11.9 Å². The van der Waals surface area contributed by atoms with Crippen LogP contribution in [0.5, 0.6) is 0 Å². The summed E-state index contributed by atoms with van der Waals surface area (Å²) >= 11 is 3.11. The van der Waals surface area contributed by atoms with Crippen LogP contribution < -0.4 is 5.32 Å². The number of aromatic nitrogens is 2. The minimum atomic E-state index is -0.318. The second-order valence-corrected chi connectivity index (χ2v) is 3.35. The van der Waals surface area contributed by atoms with E-state index in [2.05, 4.69) is 31.2 Å². The molecule has 0 aliphatic carbocycles. The Morgan fingerprint density at radius 2 is 2.13 bits per heavy atom. The highest BCUT2D eigenvalue weighted by Crippen LogP contribution is 2.18. The van der Waals surface area contributed by atoms with Crippen LogP contribution >= 0.6 is 15.9 Å². The number of hydrogen-bond donors (Lipinski definition) is 1. The molecule has 0 saturated heterocycles. The Balaban J connectivity index is 2.15. The second kappa shape index (κ2) is 4.22. The van der Waals surface area contributed by atoms with Gasteiger partial charge in [-0.05, 0) is 28.1 Å². The highest BCUT2D eigenvalue weighted by atomic mass is 79.9. The van der Waals surface area contributed by atoms with E-state index in [4.69, 9.17) is 4.42 Å². The van der Waals surface area contributed by atoms with Gasteiger partial charge in [0.1, 0.15) is 0 Å². The van der Waals surface area contributed by atoms with Crippen LogP contribution in [0, 0.1) is 0 Å². The number of furan rings is 1. The van der Waals surface area contributed by atoms with E-state index in [1.165, 1.54) is 6.26 Å². The monoisotopic (exact) mass is 267 g/mol. The predicted molar refractivity (Wildman–Crippen MR) is 56.4 cm³/mol. The fourth-order valence-corrected chi connectivity index (χ4v) is 1.41. The Morgan fingerprint density at radius 3 is 2.73 bits per heavy atom. The number of halogens is 1. The van der Waals surface area contributed by atoms with Gasteiger partial charge in [-0.15, -0.1) is 0 Å². The summed E-state index contributed by atoms with van der Waals surface area (Å²) in [6, 6.07) is 3.23. The molecule has 0 atom stereocenters. The summed E-state index contributed by atoms with van der Waals surface area (Å²) in [7, 11) is 0. The van der Waals surface area contributed by atoms with E-state index in [1.807, 2.05) is 0 Å². The van der Waals surface area contributed by atoms with Crippen LogP contribution in [0.15, 0.2) is 39.9 Å². The molecule has 1 N–H and O–H groups in total. The molecular formula is C9H6BrN3O2. The van der Waals surface area contributed by atoms with Crippen molar-refractivity contribution in [3.8, 4) is 0 Å². The number of rotatable bonds is 2. The van der Waals surface area contributed by atoms with Crippen molar-refractivity contribution in [3.63, 3.8) is 0 Å². The minimum Gasteiger partial charge on any atom is -0.457 e. The van der Waals surface area contributed by atoms with Crippen LogP contribution in [-0.4, -0.2) is 15.9 Å². The third-order valence-corrected chi connectivity index (χ3v) is 2.27. The third-order valence-electron chi connectivity index (χ3n) is 1.65. The van der Waals surface area contributed by atoms with Gasteiger partial charge in [0.25, 0.3) is 5.91 Å². The number of nitrogens with one attached hydrogen (secondary N) is 1. The van der Waals surface area contributed by atoms with Crippen LogP contribution in [0.4, 0.5) is 5.95 Å². The average Bonchev–Trinajstić information content (AvgIpc) is 2.66. The Labute approximate surface area is 93.7 Å². The first-order valence-corrected chi connectivity index (χ1v) is 4.88. The molecule has 0 bridgehead atoms. The van der Waals surface area contributed by atoms with Crippen molar-refractivity contribution in [1.82, 2.24) is 9.97 Å². The van der Waals surface area contributed by atoms with Crippen LogP contribution in [0.3, 0.4) is 0 Å². The fraction of sp³-hybridized carbons (Fsp3) is 0. The van der Waals surface area contributed by atoms with E-state index in [1.54, 1.807) is 24.5 Å². The SMILES string of the molecule is O=C(Nc1ncccn1)c1ccoc1Br. The molecular weight excluding hydrogens is 262 g/mol. The first kappa shape index (κ1) is 9.85. The van der Waals surface area contributed by atoms with Gasteiger partial charge in [-0.3, -0.25) is 10.1 Å². The molecule has 5 nitrogen and oxygen atoms in total. The summed E-state index contributed by atoms with van der Waals surface area (Å²) in [6.45, 7) is 0. The lowest BCUT2D eigenvalue weighted by molar-refractivity contribution is 0.102. The molecule has 0 saturated carbocycles. The Morgan fingerprint density at radius 1 is 1.40 bits per heavy atom. The number of amides is 1. The molecule has 2 rings (SSSR count). The first-order valence-electron chi connectivity index (χ1n) is 4.09. The zero-order chi connectivity index (χ0) is 10.7. The average molecular weight is 268 g/mol. The molecule has 6 heteroatoms. The van der Waals surface area contributed by atoms with Gasteiger partial charge in [-0.2, -0.15) is 0 Å². The summed E-state index contributed by atoms with van der Waals surface area (Å²) in [5.41, 5.74) is 0.405. The molecule has 0 unspecified atom stereocenters. The smallest absolute Gasteiger partial charge is 0.262 e. The summed E-state index contributed by atoms with van der Waals surface area (Å²) in [6.07, 6.45) is 4.52. The fourth-order valence-electron chi connectivity index (χ4n) is 0.988. The summed E-state index contributed by atoms with van der Waals surface area (Å²) < 4.78 is 5.32. The first-order chi connectivity index (χ1) is 7.27. The molecule has 0 aliphatic heterocycles. The second-order valence-electron chi connectivity index (χ2n) is 2.63. The molecule has 2 aromatic heterocycles. The van der Waals surface area contributed by atoms with Gasteiger partial charge in [0.05, 0.1) is 11.8 Å². The maximum absolute atomic E-state index is 11.6. The zero-order valence-electron chi connectivity index (χ0n) is 7.48. The van der Waals surface area contributed by atoms with Gasteiger partial charge >= 0.3 is 0 Å². The summed E-state index contributed by atoms with van der Waals surface area (Å²) in [5, 5.41) is 2.53. The zero-order valence-corrected chi connectivity index (χ0v) is 9.06. The van der Waals surface area contributed by atoms with Crippen LogP contribution in [0.2, 0.25) is 0 Å². The van der Waals surface area contributed by atoms with Gasteiger partial charge in [0, 0.05) is 12.4 Å². The lowest BCUT2D eigenvalue weighted by Gasteiger charge is -2.00. The van der Waals surface area contributed by atoms with Crippen molar-refractivity contribution in [2.45, 2.75) is 0 Å². The molecule has 0 aromatic carbocycles. The molecule has 2 heterocycles. The van der Waals surface area contributed by atoms with E-state index in [0.29, 0.717) is 10.2 Å². The van der Waals surface area contributed by atoms with Gasteiger partial charge in [0.2, 0.25) is 5.95 Å². The number of carbonyl (C=O) groups excluding carboxylic acids is 1. The van der Waals surface area contributed by atoms with Gasteiger partial charge < -0.3 is 4.42 Å². The molecule has 0 spiro atoms. The molecule has 0 fully saturated rings. The molecule has 15 heavy (non-hydrogen) atoms. The van der Waals surface area contributed by atoms with E-state index >= 15 is 0 Å².